The van der Waals surface area contributed by atoms with E-state index in [1.165, 1.54) is 0 Å². The number of H-pyrrole nitrogens is 1. The van der Waals surface area contributed by atoms with Crippen molar-refractivity contribution in [3.8, 4) is 23.3 Å². The second-order valence-corrected chi connectivity index (χ2v) is 5.39. The predicted octanol–water partition coefficient (Wildman–Crippen LogP) is 3.29. The van der Waals surface area contributed by atoms with Crippen molar-refractivity contribution < 1.29 is 0 Å². The highest BCUT2D eigenvalue weighted by Crippen LogP contribution is 2.32. The second kappa shape index (κ2) is 5.82. The van der Waals surface area contributed by atoms with E-state index in [1.807, 2.05) is 32.0 Å². The Hall–Kier alpha value is -3.31. The van der Waals surface area contributed by atoms with Gasteiger partial charge in [-0.05, 0) is 37.6 Å². The third-order valence-corrected chi connectivity index (χ3v) is 4.08. The Bertz CT molecular complexity index is 916. The minimum Gasteiger partial charge on any atom is -0.341 e. The van der Waals surface area contributed by atoms with Crippen molar-refractivity contribution in [2.75, 3.05) is 0 Å². The van der Waals surface area contributed by atoms with Crippen LogP contribution in [0.3, 0.4) is 0 Å². The van der Waals surface area contributed by atoms with Crippen molar-refractivity contribution in [1.29, 1.82) is 10.5 Å². The zero-order valence-electron chi connectivity index (χ0n) is 13.0. The fourth-order valence-corrected chi connectivity index (χ4v) is 2.86. The summed E-state index contributed by atoms with van der Waals surface area (Å²) in [5.41, 5.74) is 6.10. The molecule has 112 valence electrons. The minimum absolute atomic E-state index is 0.610. The van der Waals surface area contributed by atoms with E-state index in [9.17, 15) is 5.26 Å². The van der Waals surface area contributed by atoms with E-state index in [4.69, 9.17) is 5.26 Å². The monoisotopic (exact) mass is 301 g/mol. The molecule has 1 N–H and O–H groups in total. The number of nitrogens with one attached hydrogen (secondary N) is 1. The first-order valence-electron chi connectivity index (χ1n) is 7.24. The summed E-state index contributed by atoms with van der Waals surface area (Å²) in [6, 6.07) is 13.7. The van der Waals surface area contributed by atoms with Crippen LogP contribution in [0.5, 0.6) is 0 Å². The Kier molecular flexibility index (Phi) is 3.70. The van der Waals surface area contributed by atoms with Gasteiger partial charge in [-0.25, -0.2) is 0 Å². The minimum atomic E-state index is 0.610. The quantitative estimate of drug-likeness (QED) is 0.806. The number of nitriles is 2. The van der Waals surface area contributed by atoms with Gasteiger partial charge in [-0.2, -0.15) is 15.6 Å². The molecule has 0 aliphatic rings. The molecule has 0 radical (unpaired) electrons. The van der Waals surface area contributed by atoms with E-state index >= 15 is 0 Å². The molecule has 0 bridgehead atoms. The van der Waals surface area contributed by atoms with Gasteiger partial charge in [0.1, 0.15) is 6.07 Å². The van der Waals surface area contributed by atoms with E-state index < -0.39 is 0 Å². The van der Waals surface area contributed by atoms with Crippen molar-refractivity contribution in [2.24, 2.45) is 0 Å². The topological polar surface area (TPSA) is 81.2 Å². The molecule has 0 aliphatic heterocycles. The summed E-state index contributed by atoms with van der Waals surface area (Å²) in [7, 11) is 0. The van der Waals surface area contributed by atoms with Gasteiger partial charge in [0.15, 0.2) is 0 Å². The molecule has 3 aromatic rings. The Balaban J connectivity index is 2.13. The van der Waals surface area contributed by atoms with Gasteiger partial charge >= 0.3 is 0 Å². The zero-order valence-corrected chi connectivity index (χ0v) is 13.0. The van der Waals surface area contributed by atoms with Gasteiger partial charge in [0.2, 0.25) is 0 Å². The molecule has 3 rings (SSSR count). The SMILES string of the molecule is Cc1c(C#N)c(-c2ccc(C#N)cc2)c(C)n1Cc1ccn[nH]1. The van der Waals surface area contributed by atoms with Crippen molar-refractivity contribution >= 4 is 0 Å². The van der Waals surface area contributed by atoms with Crippen molar-refractivity contribution in [2.45, 2.75) is 20.4 Å². The van der Waals surface area contributed by atoms with E-state index in [0.717, 1.165) is 28.2 Å². The molecule has 0 saturated carbocycles. The number of aromatic nitrogens is 3. The maximum Gasteiger partial charge on any atom is 0.102 e. The molecule has 2 aromatic heterocycles. The summed E-state index contributed by atoms with van der Waals surface area (Å²) in [6.07, 6.45) is 1.72. The summed E-state index contributed by atoms with van der Waals surface area (Å²) >= 11 is 0. The molecule has 2 heterocycles. The molecule has 0 unspecified atom stereocenters. The van der Waals surface area contributed by atoms with Crippen LogP contribution in [0.25, 0.3) is 11.1 Å². The van der Waals surface area contributed by atoms with Crippen molar-refractivity contribution in [3.05, 3.63) is 64.7 Å². The highest BCUT2D eigenvalue weighted by atomic mass is 15.1. The van der Waals surface area contributed by atoms with Gasteiger partial charge in [-0.15, -0.1) is 0 Å². The number of nitrogens with zero attached hydrogens (tertiary/aromatic N) is 4. The molecule has 0 spiro atoms. The van der Waals surface area contributed by atoms with Gasteiger partial charge in [0.25, 0.3) is 0 Å². The molecule has 23 heavy (non-hydrogen) atoms. The number of rotatable bonds is 3. The molecule has 5 nitrogen and oxygen atoms in total. The van der Waals surface area contributed by atoms with Crippen LogP contribution in [-0.4, -0.2) is 14.8 Å². The maximum absolute atomic E-state index is 9.59. The van der Waals surface area contributed by atoms with Crippen molar-refractivity contribution in [1.82, 2.24) is 14.8 Å². The molecule has 5 heteroatoms. The van der Waals surface area contributed by atoms with Crippen LogP contribution in [0, 0.1) is 36.5 Å². The maximum atomic E-state index is 9.59. The Morgan fingerprint density at radius 2 is 1.78 bits per heavy atom. The third-order valence-electron chi connectivity index (χ3n) is 4.08. The van der Waals surface area contributed by atoms with E-state index in [0.29, 0.717) is 17.7 Å². The largest absolute Gasteiger partial charge is 0.341 e. The van der Waals surface area contributed by atoms with Gasteiger partial charge in [0, 0.05) is 23.1 Å². The molecular formula is C18H15N5. The lowest BCUT2D eigenvalue weighted by Gasteiger charge is -2.08. The van der Waals surface area contributed by atoms with Gasteiger partial charge in [-0.3, -0.25) is 5.10 Å². The zero-order chi connectivity index (χ0) is 16.4. The predicted molar refractivity (Wildman–Crippen MR) is 86.5 cm³/mol. The number of hydrogen-bond acceptors (Lipinski definition) is 3. The Labute approximate surface area is 134 Å². The van der Waals surface area contributed by atoms with Crippen LogP contribution in [0.2, 0.25) is 0 Å². The number of aromatic amines is 1. The average Bonchev–Trinajstić information content (AvgIpc) is 3.17. The average molecular weight is 301 g/mol. The molecule has 1 aromatic carbocycles. The Morgan fingerprint density at radius 3 is 2.35 bits per heavy atom. The second-order valence-electron chi connectivity index (χ2n) is 5.39. The molecular weight excluding hydrogens is 286 g/mol. The first-order valence-corrected chi connectivity index (χ1v) is 7.24. The highest BCUT2D eigenvalue weighted by molar-refractivity contribution is 5.75. The van der Waals surface area contributed by atoms with Gasteiger partial charge in [-0.1, -0.05) is 12.1 Å². The first kappa shape index (κ1) is 14.6. The molecule has 0 fully saturated rings. The summed E-state index contributed by atoms with van der Waals surface area (Å²) in [6.45, 7) is 4.61. The van der Waals surface area contributed by atoms with Crippen LogP contribution in [0.1, 0.15) is 28.2 Å². The lowest BCUT2D eigenvalue weighted by atomic mass is 10.0. The Morgan fingerprint density at radius 1 is 1.04 bits per heavy atom. The van der Waals surface area contributed by atoms with Crippen LogP contribution >= 0.6 is 0 Å². The van der Waals surface area contributed by atoms with Crippen LogP contribution < -0.4 is 0 Å². The smallest absolute Gasteiger partial charge is 0.102 e. The van der Waals surface area contributed by atoms with E-state index in [-0.39, 0.29) is 0 Å². The summed E-state index contributed by atoms with van der Waals surface area (Å²) in [5, 5.41) is 25.4. The normalized spacial score (nSPS) is 10.3. The van der Waals surface area contributed by atoms with E-state index in [1.54, 1.807) is 18.3 Å². The number of hydrogen-bond donors (Lipinski definition) is 1. The van der Waals surface area contributed by atoms with Crippen molar-refractivity contribution in [3.63, 3.8) is 0 Å². The lowest BCUT2D eigenvalue weighted by molar-refractivity contribution is 0.727. The molecule has 0 atom stereocenters. The third kappa shape index (κ3) is 2.49. The fourth-order valence-electron chi connectivity index (χ4n) is 2.86. The van der Waals surface area contributed by atoms with E-state index in [2.05, 4.69) is 26.9 Å². The van der Waals surface area contributed by atoms with Crippen LogP contribution in [-0.2, 0) is 6.54 Å². The standard InChI is InChI=1S/C18H15N5/c1-12-17(10-20)18(15-5-3-14(9-19)4-6-15)13(2)23(12)11-16-7-8-21-22-16/h3-8H,11H2,1-2H3,(H,21,22). The molecule has 0 amide bonds. The van der Waals surface area contributed by atoms with Gasteiger partial charge in [0.05, 0.1) is 29.4 Å². The van der Waals surface area contributed by atoms with Crippen LogP contribution in [0.4, 0.5) is 0 Å². The summed E-state index contributed by atoms with van der Waals surface area (Å²) < 4.78 is 2.11. The number of benzene rings is 1. The summed E-state index contributed by atoms with van der Waals surface area (Å²) in [5.74, 6) is 0. The van der Waals surface area contributed by atoms with Crippen LogP contribution in [0.15, 0.2) is 36.5 Å². The summed E-state index contributed by atoms with van der Waals surface area (Å²) in [4.78, 5) is 0. The lowest BCUT2D eigenvalue weighted by Crippen LogP contribution is -2.04. The highest BCUT2D eigenvalue weighted by Gasteiger charge is 2.19. The molecule has 0 saturated heterocycles. The first-order chi connectivity index (χ1) is 11.2. The molecule has 0 aliphatic carbocycles. The van der Waals surface area contributed by atoms with Gasteiger partial charge < -0.3 is 4.57 Å². The fraction of sp³-hybridized carbons (Fsp3) is 0.167.